The maximum absolute atomic E-state index is 13.0. The number of aromatic nitrogens is 1. The number of benzene rings is 2. The topological polar surface area (TPSA) is 79.4 Å². The molecule has 0 bridgehead atoms. The summed E-state index contributed by atoms with van der Waals surface area (Å²) in [5.74, 6) is -0.608. The number of fused-ring (bicyclic) bond motifs is 1. The first-order valence-corrected chi connectivity index (χ1v) is 9.61. The van der Waals surface area contributed by atoms with Crippen LogP contribution in [0.5, 0.6) is 0 Å². The number of likely N-dealkylation sites (tertiary alicyclic amines) is 1. The van der Waals surface area contributed by atoms with Crippen LogP contribution in [0.15, 0.2) is 66.7 Å². The lowest BCUT2D eigenvalue weighted by atomic mass is 10.0. The second kappa shape index (κ2) is 8.22. The summed E-state index contributed by atoms with van der Waals surface area (Å²) in [6.45, 7) is 0.501. The molecule has 2 aromatic carbocycles. The number of carbonyl (C=O) groups is 3. The van der Waals surface area contributed by atoms with Crippen molar-refractivity contribution in [1.82, 2.24) is 15.2 Å². The van der Waals surface area contributed by atoms with Crippen LogP contribution >= 0.6 is 0 Å². The van der Waals surface area contributed by atoms with E-state index in [2.05, 4.69) is 10.3 Å². The number of ketones is 1. The SMILES string of the molecule is O=C1CCN(C(=O)[C@H](Cc2ccccc2)NC(=O)c2ccc3ccccc3n2)C1. The Balaban J connectivity index is 1.56. The molecule has 0 radical (unpaired) electrons. The zero-order valence-corrected chi connectivity index (χ0v) is 15.9. The summed E-state index contributed by atoms with van der Waals surface area (Å²) in [5, 5.41) is 3.78. The lowest BCUT2D eigenvalue weighted by Gasteiger charge is -2.23. The number of carbonyl (C=O) groups excluding carboxylic acids is 3. The maximum atomic E-state index is 13.0. The van der Waals surface area contributed by atoms with Gasteiger partial charge in [-0.05, 0) is 17.7 Å². The van der Waals surface area contributed by atoms with Crippen molar-refractivity contribution in [2.24, 2.45) is 0 Å². The van der Waals surface area contributed by atoms with Gasteiger partial charge in [0.05, 0.1) is 12.1 Å². The Morgan fingerprint density at radius 1 is 1.00 bits per heavy atom. The molecular formula is C23H21N3O3. The number of nitrogens with zero attached hydrogens (tertiary/aromatic N) is 2. The van der Waals surface area contributed by atoms with E-state index in [4.69, 9.17) is 0 Å². The van der Waals surface area contributed by atoms with Crippen molar-refractivity contribution < 1.29 is 14.4 Å². The van der Waals surface area contributed by atoms with E-state index in [1.807, 2.05) is 60.7 Å². The number of hydrogen-bond donors (Lipinski definition) is 1. The molecule has 2 amide bonds. The summed E-state index contributed by atoms with van der Waals surface area (Å²) >= 11 is 0. The number of amides is 2. The summed E-state index contributed by atoms with van der Waals surface area (Å²) in [5.41, 5.74) is 1.91. The van der Waals surface area contributed by atoms with Crippen molar-refractivity contribution in [3.63, 3.8) is 0 Å². The van der Waals surface area contributed by atoms with Crippen molar-refractivity contribution in [2.75, 3.05) is 13.1 Å². The predicted octanol–water partition coefficient (Wildman–Crippen LogP) is 2.38. The molecule has 0 aliphatic carbocycles. The van der Waals surface area contributed by atoms with Gasteiger partial charge in [0.15, 0.2) is 5.78 Å². The van der Waals surface area contributed by atoms with E-state index in [1.54, 1.807) is 6.07 Å². The fourth-order valence-electron chi connectivity index (χ4n) is 3.51. The fraction of sp³-hybridized carbons (Fsp3) is 0.217. The fourth-order valence-corrected chi connectivity index (χ4v) is 3.51. The molecule has 146 valence electrons. The van der Waals surface area contributed by atoms with Crippen LogP contribution in [0.4, 0.5) is 0 Å². The second-order valence-corrected chi connectivity index (χ2v) is 7.15. The van der Waals surface area contributed by atoms with Gasteiger partial charge in [0.25, 0.3) is 5.91 Å². The monoisotopic (exact) mass is 387 g/mol. The van der Waals surface area contributed by atoms with Gasteiger partial charge < -0.3 is 10.2 Å². The van der Waals surface area contributed by atoms with E-state index < -0.39 is 11.9 Å². The molecule has 4 rings (SSSR count). The zero-order valence-electron chi connectivity index (χ0n) is 15.9. The maximum Gasteiger partial charge on any atom is 0.270 e. The molecule has 1 aliphatic rings. The van der Waals surface area contributed by atoms with Gasteiger partial charge in [0.2, 0.25) is 5.91 Å². The third-order valence-corrected chi connectivity index (χ3v) is 5.06. The van der Waals surface area contributed by atoms with Crippen molar-refractivity contribution in [1.29, 1.82) is 0 Å². The highest BCUT2D eigenvalue weighted by molar-refractivity contribution is 5.99. The summed E-state index contributed by atoms with van der Waals surface area (Å²) in [6, 6.07) is 19.8. The highest BCUT2D eigenvalue weighted by Crippen LogP contribution is 2.14. The van der Waals surface area contributed by atoms with Gasteiger partial charge in [0, 0.05) is 24.8 Å². The van der Waals surface area contributed by atoms with E-state index in [0.29, 0.717) is 19.4 Å². The molecule has 1 aliphatic heterocycles. The van der Waals surface area contributed by atoms with Crippen LogP contribution in [-0.2, 0) is 16.0 Å². The molecule has 1 atom stereocenters. The molecule has 2 heterocycles. The van der Waals surface area contributed by atoms with Gasteiger partial charge in [-0.2, -0.15) is 0 Å². The Hall–Kier alpha value is -3.54. The first kappa shape index (κ1) is 18.8. The normalized spacial score (nSPS) is 14.8. The van der Waals surface area contributed by atoms with Crippen LogP contribution in [0.2, 0.25) is 0 Å². The summed E-state index contributed by atoms with van der Waals surface area (Å²) in [4.78, 5) is 43.4. The first-order chi connectivity index (χ1) is 14.1. The minimum atomic E-state index is -0.760. The first-order valence-electron chi connectivity index (χ1n) is 9.61. The van der Waals surface area contributed by atoms with Gasteiger partial charge in [0.1, 0.15) is 11.7 Å². The number of nitrogens with one attached hydrogen (secondary N) is 1. The lowest BCUT2D eigenvalue weighted by Crippen LogP contribution is -2.49. The predicted molar refractivity (Wildman–Crippen MR) is 109 cm³/mol. The average molecular weight is 387 g/mol. The molecule has 1 saturated heterocycles. The van der Waals surface area contributed by atoms with E-state index >= 15 is 0 Å². The Bertz CT molecular complexity index is 1070. The average Bonchev–Trinajstić information content (AvgIpc) is 3.19. The number of Topliss-reactive ketones (excluding diaryl/α,β-unsaturated/α-hetero) is 1. The van der Waals surface area contributed by atoms with E-state index in [0.717, 1.165) is 16.5 Å². The van der Waals surface area contributed by atoms with Crippen LogP contribution in [0.3, 0.4) is 0 Å². The van der Waals surface area contributed by atoms with Crippen molar-refractivity contribution in [3.8, 4) is 0 Å². The Kier molecular flexibility index (Phi) is 5.33. The molecule has 6 nitrogen and oxygen atoms in total. The minimum absolute atomic E-state index is 0.0410. The number of para-hydroxylation sites is 1. The largest absolute Gasteiger partial charge is 0.339 e. The number of rotatable bonds is 5. The van der Waals surface area contributed by atoms with E-state index in [1.165, 1.54) is 4.90 Å². The molecule has 0 spiro atoms. The molecule has 6 heteroatoms. The number of pyridine rings is 1. The molecule has 3 aromatic rings. The minimum Gasteiger partial charge on any atom is -0.339 e. The van der Waals surface area contributed by atoms with Gasteiger partial charge in [-0.25, -0.2) is 4.98 Å². The molecule has 0 unspecified atom stereocenters. The van der Waals surface area contributed by atoms with Crippen LogP contribution in [0, 0.1) is 0 Å². The van der Waals surface area contributed by atoms with Gasteiger partial charge in [-0.1, -0.05) is 54.6 Å². The summed E-state index contributed by atoms with van der Waals surface area (Å²) < 4.78 is 0. The third kappa shape index (κ3) is 4.32. The Labute approximate surface area is 168 Å². The van der Waals surface area contributed by atoms with Crippen LogP contribution in [0.1, 0.15) is 22.5 Å². The van der Waals surface area contributed by atoms with E-state index in [-0.39, 0.29) is 23.9 Å². The highest BCUT2D eigenvalue weighted by atomic mass is 16.2. The standard InChI is InChI=1S/C23H21N3O3/c27-18-12-13-26(15-18)23(29)21(14-16-6-2-1-3-7-16)25-22(28)20-11-10-17-8-4-5-9-19(17)24-20/h1-11,21H,12-15H2,(H,25,28)/t21-/m0/s1. The molecule has 29 heavy (non-hydrogen) atoms. The van der Waals surface area contributed by atoms with Crippen molar-refractivity contribution in [2.45, 2.75) is 18.9 Å². The third-order valence-electron chi connectivity index (χ3n) is 5.06. The van der Waals surface area contributed by atoms with E-state index in [9.17, 15) is 14.4 Å². The quantitative estimate of drug-likeness (QED) is 0.729. The Morgan fingerprint density at radius 3 is 2.52 bits per heavy atom. The Morgan fingerprint density at radius 2 is 1.76 bits per heavy atom. The molecule has 1 aromatic heterocycles. The smallest absolute Gasteiger partial charge is 0.270 e. The zero-order chi connectivity index (χ0) is 20.2. The van der Waals surface area contributed by atoms with Gasteiger partial charge >= 0.3 is 0 Å². The lowest BCUT2D eigenvalue weighted by molar-refractivity contribution is -0.133. The molecule has 1 N–H and O–H groups in total. The van der Waals surface area contributed by atoms with Crippen molar-refractivity contribution in [3.05, 3.63) is 78.0 Å². The second-order valence-electron chi connectivity index (χ2n) is 7.15. The summed E-state index contributed by atoms with van der Waals surface area (Å²) in [7, 11) is 0. The van der Waals surface area contributed by atoms with Crippen molar-refractivity contribution >= 4 is 28.5 Å². The molecule has 1 fully saturated rings. The van der Waals surface area contributed by atoms with Gasteiger partial charge in [-0.15, -0.1) is 0 Å². The van der Waals surface area contributed by atoms with Crippen LogP contribution < -0.4 is 5.32 Å². The number of hydrogen-bond acceptors (Lipinski definition) is 4. The summed E-state index contributed by atoms with van der Waals surface area (Å²) in [6.07, 6.45) is 0.716. The molecule has 0 saturated carbocycles. The van der Waals surface area contributed by atoms with Crippen LogP contribution in [-0.4, -0.2) is 46.6 Å². The molecular weight excluding hydrogens is 366 g/mol. The highest BCUT2D eigenvalue weighted by Gasteiger charge is 2.31. The van der Waals surface area contributed by atoms with Crippen LogP contribution in [0.25, 0.3) is 10.9 Å². The van der Waals surface area contributed by atoms with Gasteiger partial charge in [-0.3, -0.25) is 14.4 Å².